The van der Waals surface area contributed by atoms with Crippen LogP contribution in [0.25, 0.3) is 11.0 Å². The van der Waals surface area contributed by atoms with Gasteiger partial charge in [-0.1, -0.05) is 18.2 Å². The molecule has 204 valence electrons. The first-order valence-corrected chi connectivity index (χ1v) is 12.0. The third kappa shape index (κ3) is 5.00. The standard InChI is InChI=1S/C17H18N4O5.C10H11NO2/c1-16(8-22,20-14(24)18-3)12-6-9-4-5-10(7-11(9)26-12)17(2)13(23)19-15(25)21-17;1-11-6-7-3-4-8(13-2)5-9(7)10(11)12/h4-8H,1-3H3,(H2,18,20,24)(H2,19,21,23,25);3-5H,6H2,1-2H3. The van der Waals surface area contributed by atoms with Crippen molar-refractivity contribution < 1.29 is 33.1 Å². The number of imide groups is 1. The van der Waals surface area contributed by atoms with Gasteiger partial charge in [-0.25, -0.2) is 9.59 Å². The Bertz CT molecular complexity index is 1500. The minimum Gasteiger partial charge on any atom is -0.497 e. The number of benzene rings is 2. The van der Waals surface area contributed by atoms with Crippen molar-refractivity contribution >= 4 is 41.1 Å². The summed E-state index contributed by atoms with van der Waals surface area (Å²) in [5.74, 6) is 0.595. The number of nitrogens with zero attached hydrogens (tertiary/aromatic N) is 1. The van der Waals surface area contributed by atoms with Crippen LogP contribution in [-0.4, -0.2) is 56.3 Å². The lowest BCUT2D eigenvalue weighted by atomic mass is 9.92. The number of hydrogen-bond donors (Lipinski definition) is 4. The summed E-state index contributed by atoms with van der Waals surface area (Å²) in [6.45, 7) is 3.80. The van der Waals surface area contributed by atoms with E-state index in [1.165, 1.54) is 14.0 Å². The second-order valence-electron chi connectivity index (χ2n) is 9.61. The number of carbonyl (C=O) groups excluding carboxylic acids is 5. The topological polar surface area (TPSA) is 159 Å². The molecule has 1 fully saturated rings. The van der Waals surface area contributed by atoms with Crippen molar-refractivity contribution in [3.8, 4) is 5.75 Å². The molecule has 6 amide bonds. The molecule has 5 rings (SSSR count). The van der Waals surface area contributed by atoms with Gasteiger partial charge in [0.2, 0.25) is 0 Å². The molecule has 2 atom stereocenters. The molecule has 1 saturated heterocycles. The van der Waals surface area contributed by atoms with Crippen molar-refractivity contribution in [2.24, 2.45) is 0 Å². The second kappa shape index (κ2) is 10.1. The molecule has 39 heavy (non-hydrogen) atoms. The number of rotatable bonds is 5. The van der Waals surface area contributed by atoms with Crippen LogP contribution in [0.4, 0.5) is 9.59 Å². The maximum Gasteiger partial charge on any atom is 0.322 e. The van der Waals surface area contributed by atoms with Gasteiger partial charge in [0.05, 0.1) is 7.11 Å². The maximum absolute atomic E-state index is 12.1. The Balaban J connectivity index is 0.000000226. The Kier molecular flexibility index (Phi) is 7.05. The van der Waals surface area contributed by atoms with Crippen LogP contribution in [0.5, 0.6) is 5.75 Å². The fourth-order valence-electron chi connectivity index (χ4n) is 4.34. The fraction of sp³-hybridized carbons (Fsp3) is 0.296. The molecule has 3 aromatic rings. The van der Waals surface area contributed by atoms with E-state index < -0.39 is 29.0 Å². The molecule has 4 N–H and O–H groups in total. The summed E-state index contributed by atoms with van der Waals surface area (Å²) < 4.78 is 10.8. The van der Waals surface area contributed by atoms with Crippen molar-refractivity contribution in [2.45, 2.75) is 31.5 Å². The van der Waals surface area contributed by atoms with Gasteiger partial charge < -0.3 is 34.8 Å². The van der Waals surface area contributed by atoms with E-state index in [2.05, 4.69) is 21.3 Å². The maximum atomic E-state index is 12.1. The van der Waals surface area contributed by atoms with Crippen molar-refractivity contribution in [3.63, 3.8) is 0 Å². The van der Waals surface area contributed by atoms with E-state index in [0.717, 1.165) is 16.9 Å². The number of aldehydes is 1. The highest BCUT2D eigenvalue weighted by atomic mass is 16.5. The van der Waals surface area contributed by atoms with Gasteiger partial charge in [0.15, 0.2) is 11.8 Å². The fourth-order valence-corrected chi connectivity index (χ4v) is 4.34. The number of carbonyl (C=O) groups is 5. The average Bonchev–Trinajstić information content (AvgIpc) is 3.56. The number of nitrogens with one attached hydrogen (secondary N) is 4. The van der Waals surface area contributed by atoms with Crippen LogP contribution in [0, 0.1) is 0 Å². The number of hydrogen-bond acceptors (Lipinski definition) is 7. The molecule has 2 aliphatic rings. The lowest BCUT2D eigenvalue weighted by molar-refractivity contribution is -0.123. The first-order valence-electron chi connectivity index (χ1n) is 12.0. The molecule has 12 heteroatoms. The van der Waals surface area contributed by atoms with Crippen LogP contribution in [0.15, 0.2) is 46.9 Å². The summed E-state index contributed by atoms with van der Waals surface area (Å²) >= 11 is 0. The molecule has 2 aliphatic heterocycles. The van der Waals surface area contributed by atoms with Gasteiger partial charge >= 0.3 is 12.1 Å². The average molecular weight is 536 g/mol. The lowest BCUT2D eigenvalue weighted by Gasteiger charge is -2.21. The van der Waals surface area contributed by atoms with Crippen LogP contribution in [0.3, 0.4) is 0 Å². The number of ether oxygens (including phenoxy) is 1. The molecule has 12 nitrogen and oxygen atoms in total. The highest BCUT2D eigenvalue weighted by Crippen LogP contribution is 2.32. The van der Waals surface area contributed by atoms with Crippen LogP contribution in [-0.2, 0) is 27.2 Å². The zero-order chi connectivity index (χ0) is 28.5. The number of urea groups is 2. The predicted molar refractivity (Wildman–Crippen MR) is 140 cm³/mol. The minimum absolute atomic E-state index is 0.0777. The van der Waals surface area contributed by atoms with Crippen molar-refractivity contribution in [2.75, 3.05) is 21.2 Å². The molecule has 0 saturated carbocycles. The molecule has 2 aromatic carbocycles. The van der Waals surface area contributed by atoms with Crippen LogP contribution in [0.2, 0.25) is 0 Å². The van der Waals surface area contributed by atoms with Gasteiger partial charge in [0.1, 0.15) is 22.6 Å². The van der Waals surface area contributed by atoms with Gasteiger partial charge in [-0.05, 0) is 49.2 Å². The highest BCUT2D eigenvalue weighted by Gasteiger charge is 2.43. The molecule has 3 heterocycles. The van der Waals surface area contributed by atoms with Crippen molar-refractivity contribution in [1.82, 2.24) is 26.2 Å². The molecular weight excluding hydrogens is 506 g/mol. The third-order valence-corrected chi connectivity index (χ3v) is 6.79. The SMILES string of the molecule is CNC(=O)NC(C)(C=O)c1cc2ccc(C3(C)NC(=O)NC3=O)cc2o1.COc1ccc2c(c1)C(=O)N(C)C2. The summed E-state index contributed by atoms with van der Waals surface area (Å²) in [5.41, 5.74) is 0.213. The predicted octanol–water partition coefficient (Wildman–Crippen LogP) is 2.11. The van der Waals surface area contributed by atoms with Crippen molar-refractivity contribution in [1.29, 1.82) is 0 Å². The Morgan fingerprint density at radius 1 is 1.18 bits per heavy atom. The number of methoxy groups -OCH3 is 1. The van der Waals surface area contributed by atoms with E-state index in [4.69, 9.17) is 9.15 Å². The Morgan fingerprint density at radius 2 is 1.92 bits per heavy atom. The Morgan fingerprint density at radius 3 is 2.54 bits per heavy atom. The van der Waals surface area contributed by atoms with E-state index >= 15 is 0 Å². The smallest absolute Gasteiger partial charge is 0.322 e. The Hall–Kier alpha value is -4.87. The van der Waals surface area contributed by atoms with Gasteiger partial charge in [-0.15, -0.1) is 0 Å². The highest BCUT2D eigenvalue weighted by molar-refractivity contribution is 6.07. The molecule has 2 unspecified atom stereocenters. The quantitative estimate of drug-likeness (QED) is 0.288. The monoisotopic (exact) mass is 535 g/mol. The van der Waals surface area contributed by atoms with E-state index in [0.29, 0.717) is 29.4 Å². The minimum atomic E-state index is -1.36. The molecule has 1 aromatic heterocycles. The largest absolute Gasteiger partial charge is 0.497 e. The van der Waals surface area contributed by atoms with E-state index in [9.17, 15) is 24.0 Å². The summed E-state index contributed by atoms with van der Waals surface area (Å²) in [6, 6.07) is 11.2. The summed E-state index contributed by atoms with van der Waals surface area (Å²) in [4.78, 5) is 59.9. The number of furan rings is 1. The van der Waals surface area contributed by atoms with Gasteiger partial charge in [0.25, 0.3) is 11.8 Å². The van der Waals surface area contributed by atoms with E-state index in [1.54, 1.807) is 56.3 Å². The molecule has 0 bridgehead atoms. The molecule has 0 aliphatic carbocycles. The second-order valence-corrected chi connectivity index (χ2v) is 9.61. The van der Waals surface area contributed by atoms with Gasteiger partial charge in [-0.3, -0.25) is 14.9 Å². The normalized spacial score (nSPS) is 19.3. The van der Waals surface area contributed by atoms with Crippen LogP contribution >= 0.6 is 0 Å². The summed E-state index contributed by atoms with van der Waals surface area (Å²) in [5, 5.41) is 10.4. The molecule has 0 spiro atoms. The Labute approximate surface area is 224 Å². The molecule has 0 radical (unpaired) electrons. The van der Waals surface area contributed by atoms with E-state index in [1.807, 2.05) is 12.1 Å². The number of fused-ring (bicyclic) bond motifs is 2. The zero-order valence-electron chi connectivity index (χ0n) is 22.1. The molecular formula is C27H29N5O7. The van der Waals surface area contributed by atoms with Crippen LogP contribution < -0.4 is 26.0 Å². The van der Waals surface area contributed by atoms with Crippen molar-refractivity contribution in [3.05, 3.63) is 64.9 Å². The van der Waals surface area contributed by atoms with E-state index in [-0.39, 0.29) is 11.7 Å². The summed E-state index contributed by atoms with van der Waals surface area (Å²) in [6.07, 6.45) is 0.576. The third-order valence-electron chi connectivity index (χ3n) is 6.79. The first-order chi connectivity index (χ1) is 18.4. The lowest BCUT2D eigenvalue weighted by Crippen LogP contribution is -2.48. The number of amides is 6. The first kappa shape index (κ1) is 27.2. The van der Waals surface area contributed by atoms with Crippen LogP contribution in [0.1, 0.15) is 41.1 Å². The van der Waals surface area contributed by atoms with Gasteiger partial charge in [0, 0.05) is 31.6 Å². The van der Waals surface area contributed by atoms with Gasteiger partial charge in [-0.2, -0.15) is 0 Å². The summed E-state index contributed by atoms with van der Waals surface area (Å²) in [7, 11) is 4.84. The zero-order valence-corrected chi connectivity index (χ0v) is 22.1.